The maximum atomic E-state index is 13.6. The van der Waals surface area contributed by atoms with Gasteiger partial charge >= 0.3 is 5.97 Å². The first kappa shape index (κ1) is 21.7. The Morgan fingerprint density at radius 2 is 1.90 bits per heavy atom. The van der Waals surface area contributed by atoms with Gasteiger partial charge in [0.25, 0.3) is 11.6 Å². The Kier molecular flexibility index (Phi) is 7.15. The zero-order valence-corrected chi connectivity index (χ0v) is 15.1. The molecule has 0 spiro atoms. The minimum atomic E-state index is -1.47. The standard InChI is InChI=1S/C18H17F2N3O6/c1-10(17(25)22-16-13(19)3-2-4-14(16)20)29-18(26)12-9-11(23(27)28)5-6-15(12)21-7-8-24/h2-6,9-10,21,24H,7-8H2,1H3,(H,22,25)/t10-/m0/s1. The van der Waals surface area contributed by atoms with E-state index < -0.39 is 45.9 Å². The lowest BCUT2D eigenvalue weighted by Gasteiger charge is -2.16. The van der Waals surface area contributed by atoms with Crippen LogP contribution < -0.4 is 10.6 Å². The third kappa shape index (κ3) is 5.45. The molecule has 0 aromatic heterocycles. The van der Waals surface area contributed by atoms with E-state index in [0.29, 0.717) is 0 Å². The number of hydrogen-bond acceptors (Lipinski definition) is 7. The van der Waals surface area contributed by atoms with Crippen LogP contribution in [0.2, 0.25) is 0 Å². The molecule has 0 bridgehead atoms. The number of carbonyl (C=O) groups excluding carboxylic acids is 2. The Morgan fingerprint density at radius 3 is 2.48 bits per heavy atom. The fourth-order valence-corrected chi connectivity index (χ4v) is 2.28. The van der Waals surface area contributed by atoms with Crippen LogP contribution in [0, 0.1) is 21.7 Å². The molecule has 0 unspecified atom stereocenters. The molecule has 0 saturated heterocycles. The summed E-state index contributed by atoms with van der Waals surface area (Å²) in [6.07, 6.45) is -1.47. The van der Waals surface area contributed by atoms with E-state index in [2.05, 4.69) is 5.32 Å². The second kappa shape index (κ2) is 9.55. The van der Waals surface area contributed by atoms with Gasteiger partial charge in [0.1, 0.15) is 17.3 Å². The number of nitrogens with zero attached hydrogens (tertiary/aromatic N) is 1. The van der Waals surface area contributed by atoms with Gasteiger partial charge in [-0.25, -0.2) is 13.6 Å². The number of hydrogen-bond donors (Lipinski definition) is 3. The molecule has 0 heterocycles. The predicted molar refractivity (Wildman–Crippen MR) is 98.5 cm³/mol. The van der Waals surface area contributed by atoms with E-state index in [1.165, 1.54) is 13.0 Å². The molecule has 9 nitrogen and oxygen atoms in total. The number of rotatable bonds is 8. The van der Waals surface area contributed by atoms with Gasteiger partial charge in [-0.3, -0.25) is 14.9 Å². The normalized spacial score (nSPS) is 11.4. The number of ether oxygens (including phenoxy) is 1. The zero-order valence-electron chi connectivity index (χ0n) is 15.1. The first-order valence-corrected chi connectivity index (χ1v) is 8.33. The molecule has 3 N–H and O–H groups in total. The van der Waals surface area contributed by atoms with Gasteiger partial charge in [0.2, 0.25) is 0 Å². The molecule has 0 aliphatic rings. The number of non-ortho nitro benzene ring substituents is 1. The van der Waals surface area contributed by atoms with E-state index >= 15 is 0 Å². The summed E-state index contributed by atoms with van der Waals surface area (Å²) in [7, 11) is 0. The van der Waals surface area contributed by atoms with Crippen LogP contribution in [0.3, 0.4) is 0 Å². The molecule has 0 fully saturated rings. The Labute approximate surface area is 163 Å². The van der Waals surface area contributed by atoms with Crippen LogP contribution in [0.5, 0.6) is 0 Å². The minimum Gasteiger partial charge on any atom is -0.449 e. The number of anilines is 2. The quantitative estimate of drug-likeness (QED) is 0.347. The Morgan fingerprint density at radius 1 is 1.24 bits per heavy atom. The number of nitro benzene ring substituents is 1. The first-order valence-electron chi connectivity index (χ1n) is 8.33. The van der Waals surface area contributed by atoms with Crippen LogP contribution in [0.15, 0.2) is 36.4 Å². The monoisotopic (exact) mass is 409 g/mol. The summed E-state index contributed by atoms with van der Waals surface area (Å²) in [5.41, 5.74) is -1.19. The van der Waals surface area contributed by atoms with Gasteiger partial charge in [0, 0.05) is 24.4 Å². The van der Waals surface area contributed by atoms with Gasteiger partial charge in [-0.05, 0) is 25.1 Å². The van der Waals surface area contributed by atoms with Crippen molar-refractivity contribution in [3.63, 3.8) is 0 Å². The second-order valence-electron chi connectivity index (χ2n) is 5.77. The van der Waals surface area contributed by atoms with E-state index in [4.69, 9.17) is 9.84 Å². The number of halogens is 2. The van der Waals surface area contributed by atoms with Crippen LogP contribution in [0.4, 0.5) is 25.8 Å². The number of amides is 1. The third-order valence-electron chi connectivity index (χ3n) is 3.73. The number of carbonyl (C=O) groups is 2. The van der Waals surface area contributed by atoms with Crippen LogP contribution in [-0.2, 0) is 9.53 Å². The topological polar surface area (TPSA) is 131 Å². The molecule has 2 rings (SSSR count). The second-order valence-corrected chi connectivity index (χ2v) is 5.77. The summed E-state index contributed by atoms with van der Waals surface area (Å²) < 4.78 is 32.3. The van der Waals surface area contributed by atoms with Crippen LogP contribution in [-0.4, -0.2) is 41.2 Å². The van der Waals surface area contributed by atoms with Crippen molar-refractivity contribution in [2.75, 3.05) is 23.8 Å². The highest BCUT2D eigenvalue weighted by atomic mass is 19.1. The van der Waals surface area contributed by atoms with Crippen molar-refractivity contribution in [3.8, 4) is 0 Å². The first-order chi connectivity index (χ1) is 13.7. The van der Waals surface area contributed by atoms with Crippen molar-refractivity contribution >= 4 is 28.9 Å². The molecule has 11 heteroatoms. The molecule has 2 aromatic carbocycles. The average molecular weight is 409 g/mol. The van der Waals surface area contributed by atoms with Gasteiger partial charge in [0.05, 0.1) is 17.1 Å². The van der Waals surface area contributed by atoms with E-state index in [1.54, 1.807) is 0 Å². The number of benzene rings is 2. The van der Waals surface area contributed by atoms with Gasteiger partial charge < -0.3 is 20.5 Å². The molecular weight excluding hydrogens is 392 g/mol. The van der Waals surface area contributed by atoms with Crippen molar-refractivity contribution in [3.05, 3.63) is 63.7 Å². The highest BCUT2D eigenvalue weighted by Crippen LogP contribution is 2.24. The molecule has 29 heavy (non-hydrogen) atoms. The van der Waals surface area contributed by atoms with E-state index in [-0.39, 0.29) is 24.4 Å². The Hall–Kier alpha value is -3.60. The highest BCUT2D eigenvalue weighted by molar-refractivity contribution is 6.00. The average Bonchev–Trinajstić information content (AvgIpc) is 2.68. The summed E-state index contributed by atoms with van der Waals surface area (Å²) in [6.45, 7) is 0.962. The van der Waals surface area contributed by atoms with E-state index in [1.807, 2.05) is 5.32 Å². The van der Waals surface area contributed by atoms with E-state index in [0.717, 1.165) is 30.3 Å². The summed E-state index contributed by atoms with van der Waals surface area (Å²) in [6, 6.07) is 6.35. The van der Waals surface area contributed by atoms with Gasteiger partial charge in [0.15, 0.2) is 6.10 Å². The Balaban J connectivity index is 2.18. The number of nitro groups is 1. The zero-order chi connectivity index (χ0) is 21.6. The summed E-state index contributed by atoms with van der Waals surface area (Å²) in [5.74, 6) is -4.10. The van der Waals surface area contributed by atoms with Crippen LogP contribution >= 0.6 is 0 Å². The molecule has 1 atom stereocenters. The SMILES string of the molecule is C[C@H](OC(=O)c1cc([N+](=O)[O-])ccc1NCCO)C(=O)Nc1c(F)cccc1F. The third-order valence-corrected chi connectivity index (χ3v) is 3.73. The summed E-state index contributed by atoms with van der Waals surface area (Å²) in [4.78, 5) is 34.8. The van der Waals surface area contributed by atoms with Crippen LogP contribution in [0.25, 0.3) is 0 Å². The van der Waals surface area contributed by atoms with Gasteiger partial charge in [-0.15, -0.1) is 0 Å². The number of nitrogens with one attached hydrogen (secondary N) is 2. The van der Waals surface area contributed by atoms with Crippen molar-refractivity contribution < 1.29 is 33.1 Å². The van der Waals surface area contributed by atoms with E-state index in [9.17, 15) is 28.5 Å². The summed E-state index contributed by atoms with van der Waals surface area (Å²) >= 11 is 0. The molecular formula is C18H17F2N3O6. The van der Waals surface area contributed by atoms with Crippen LogP contribution in [0.1, 0.15) is 17.3 Å². The summed E-state index contributed by atoms with van der Waals surface area (Å²) in [5, 5.41) is 24.5. The van der Waals surface area contributed by atoms with Gasteiger partial charge in [-0.1, -0.05) is 6.07 Å². The van der Waals surface area contributed by atoms with Gasteiger partial charge in [-0.2, -0.15) is 0 Å². The maximum Gasteiger partial charge on any atom is 0.341 e. The largest absolute Gasteiger partial charge is 0.449 e. The fraction of sp³-hybridized carbons (Fsp3) is 0.222. The molecule has 0 aliphatic carbocycles. The lowest BCUT2D eigenvalue weighted by Crippen LogP contribution is -2.31. The number of aliphatic hydroxyl groups excluding tert-OH is 1. The molecule has 2 aromatic rings. The van der Waals surface area contributed by atoms with Crippen molar-refractivity contribution in [1.29, 1.82) is 0 Å². The predicted octanol–water partition coefficient (Wildman–Crippen LogP) is 2.46. The lowest BCUT2D eigenvalue weighted by molar-refractivity contribution is -0.384. The van der Waals surface area contributed by atoms with Crippen molar-refractivity contribution in [2.45, 2.75) is 13.0 Å². The smallest absolute Gasteiger partial charge is 0.341 e. The lowest BCUT2D eigenvalue weighted by atomic mass is 10.1. The molecule has 0 aliphatic heterocycles. The fourth-order valence-electron chi connectivity index (χ4n) is 2.28. The van der Waals surface area contributed by atoms with Crippen molar-refractivity contribution in [2.24, 2.45) is 0 Å². The van der Waals surface area contributed by atoms with Crippen molar-refractivity contribution in [1.82, 2.24) is 0 Å². The number of para-hydroxylation sites is 1. The minimum absolute atomic E-state index is 0.0562. The number of aliphatic hydroxyl groups is 1. The highest BCUT2D eigenvalue weighted by Gasteiger charge is 2.24. The Bertz CT molecular complexity index is 918. The maximum absolute atomic E-state index is 13.6. The molecule has 1 amide bonds. The number of esters is 1. The molecule has 154 valence electrons. The molecule has 0 saturated carbocycles. The molecule has 0 radical (unpaired) electrons.